The van der Waals surface area contributed by atoms with Crippen LogP contribution in [0.2, 0.25) is 0 Å². The first-order valence-corrected chi connectivity index (χ1v) is 8.34. The number of rotatable bonds is 7. The maximum atomic E-state index is 11.9. The minimum atomic E-state index is -0.425. The molecule has 0 fully saturated rings. The first-order valence-electron chi connectivity index (χ1n) is 7.46. The molecule has 1 heterocycles. The standard InChI is InChI=1S/C16H27N3O2S/c1-16(2,3)15(21)17-9-8-14(20)18-11-12(19(4)5)13-7-6-10-22-13/h6-7,10,12H,8-9,11H2,1-5H3,(H,17,21)(H,18,20). The molecule has 5 nitrogen and oxygen atoms in total. The monoisotopic (exact) mass is 325 g/mol. The lowest BCUT2D eigenvalue weighted by molar-refractivity contribution is -0.128. The molecule has 0 radical (unpaired) electrons. The third-order valence-corrected chi connectivity index (χ3v) is 4.28. The molecule has 6 heteroatoms. The zero-order valence-corrected chi connectivity index (χ0v) is 14.9. The number of likely N-dealkylation sites (N-methyl/N-ethyl adjacent to an activating group) is 1. The lowest BCUT2D eigenvalue weighted by Gasteiger charge is -2.23. The Labute approximate surface area is 137 Å². The molecule has 1 aromatic heterocycles. The van der Waals surface area contributed by atoms with Crippen molar-refractivity contribution in [2.45, 2.75) is 33.2 Å². The number of thiophene rings is 1. The average molecular weight is 325 g/mol. The summed E-state index contributed by atoms with van der Waals surface area (Å²) in [5.41, 5.74) is -0.425. The van der Waals surface area contributed by atoms with Gasteiger partial charge in [0.15, 0.2) is 0 Å². The van der Waals surface area contributed by atoms with E-state index in [9.17, 15) is 9.59 Å². The molecule has 0 aliphatic rings. The minimum absolute atomic E-state index is 0.0370. The first-order chi connectivity index (χ1) is 10.2. The molecule has 2 N–H and O–H groups in total. The van der Waals surface area contributed by atoms with Crippen LogP contribution in [0.3, 0.4) is 0 Å². The van der Waals surface area contributed by atoms with Crippen molar-refractivity contribution in [1.29, 1.82) is 0 Å². The highest BCUT2D eigenvalue weighted by atomic mass is 32.1. The van der Waals surface area contributed by atoms with Crippen molar-refractivity contribution in [2.75, 3.05) is 27.2 Å². The molecule has 0 saturated heterocycles. The molecule has 1 unspecified atom stereocenters. The summed E-state index contributed by atoms with van der Waals surface area (Å²) < 4.78 is 0. The van der Waals surface area contributed by atoms with Gasteiger partial charge in [-0.25, -0.2) is 0 Å². The molecule has 0 aromatic carbocycles. The summed E-state index contributed by atoms with van der Waals surface area (Å²) in [7, 11) is 4.00. The van der Waals surface area contributed by atoms with Crippen LogP contribution in [-0.2, 0) is 9.59 Å². The highest BCUT2D eigenvalue weighted by molar-refractivity contribution is 7.10. The molecule has 0 spiro atoms. The first kappa shape index (κ1) is 18.6. The van der Waals surface area contributed by atoms with Gasteiger partial charge in [-0.3, -0.25) is 9.59 Å². The van der Waals surface area contributed by atoms with Crippen molar-refractivity contribution in [1.82, 2.24) is 15.5 Å². The van der Waals surface area contributed by atoms with Gasteiger partial charge in [0.1, 0.15) is 0 Å². The van der Waals surface area contributed by atoms with Gasteiger partial charge >= 0.3 is 0 Å². The van der Waals surface area contributed by atoms with Crippen molar-refractivity contribution in [3.8, 4) is 0 Å². The molecule has 0 aliphatic carbocycles. The van der Waals surface area contributed by atoms with Gasteiger partial charge in [0.2, 0.25) is 11.8 Å². The fourth-order valence-corrected chi connectivity index (χ4v) is 2.79. The Kier molecular flexibility index (Phi) is 7.03. The smallest absolute Gasteiger partial charge is 0.225 e. The molecule has 2 amide bonds. The van der Waals surface area contributed by atoms with Crippen LogP contribution in [0.15, 0.2) is 17.5 Å². The molecule has 1 aromatic rings. The number of carbonyl (C=O) groups is 2. The van der Waals surface area contributed by atoms with Gasteiger partial charge in [-0.15, -0.1) is 11.3 Å². The van der Waals surface area contributed by atoms with Crippen molar-refractivity contribution < 1.29 is 9.59 Å². The highest BCUT2D eigenvalue weighted by Gasteiger charge is 2.21. The van der Waals surface area contributed by atoms with E-state index in [0.717, 1.165) is 0 Å². The van der Waals surface area contributed by atoms with E-state index >= 15 is 0 Å². The largest absolute Gasteiger partial charge is 0.355 e. The van der Waals surface area contributed by atoms with E-state index in [1.165, 1.54) is 4.88 Å². The number of nitrogens with one attached hydrogen (secondary N) is 2. The van der Waals surface area contributed by atoms with Crippen molar-refractivity contribution >= 4 is 23.2 Å². The van der Waals surface area contributed by atoms with Crippen LogP contribution in [0.1, 0.15) is 38.1 Å². The number of nitrogens with zero attached hydrogens (tertiary/aromatic N) is 1. The van der Waals surface area contributed by atoms with Crippen LogP contribution in [0.25, 0.3) is 0 Å². The van der Waals surface area contributed by atoms with Gasteiger partial charge in [-0.05, 0) is 25.5 Å². The summed E-state index contributed by atoms with van der Waals surface area (Å²) in [4.78, 5) is 26.9. The normalized spacial score (nSPS) is 13.0. The van der Waals surface area contributed by atoms with E-state index in [2.05, 4.69) is 21.6 Å². The Morgan fingerprint density at radius 3 is 2.45 bits per heavy atom. The lowest BCUT2D eigenvalue weighted by atomic mass is 9.96. The van der Waals surface area contributed by atoms with Gasteiger partial charge in [-0.2, -0.15) is 0 Å². The summed E-state index contributed by atoms with van der Waals surface area (Å²) in [6.07, 6.45) is 0.298. The minimum Gasteiger partial charge on any atom is -0.355 e. The van der Waals surface area contributed by atoms with Gasteiger partial charge in [-0.1, -0.05) is 26.8 Å². The summed E-state index contributed by atoms with van der Waals surface area (Å²) in [6.45, 7) is 6.49. The number of amides is 2. The van der Waals surface area contributed by atoms with Crippen molar-refractivity contribution in [3.63, 3.8) is 0 Å². The summed E-state index contributed by atoms with van der Waals surface area (Å²) in [5, 5.41) is 7.76. The van der Waals surface area contributed by atoms with Crippen LogP contribution in [0.5, 0.6) is 0 Å². The second-order valence-corrected chi connectivity index (χ2v) is 7.53. The van der Waals surface area contributed by atoms with Crippen molar-refractivity contribution in [3.05, 3.63) is 22.4 Å². The van der Waals surface area contributed by atoms with Crippen LogP contribution in [-0.4, -0.2) is 43.9 Å². The maximum absolute atomic E-state index is 11.9. The lowest BCUT2D eigenvalue weighted by Crippen LogP contribution is -2.38. The van der Waals surface area contributed by atoms with E-state index in [4.69, 9.17) is 0 Å². The summed E-state index contributed by atoms with van der Waals surface area (Å²) >= 11 is 1.69. The van der Waals surface area contributed by atoms with Gasteiger partial charge < -0.3 is 15.5 Å². The van der Waals surface area contributed by atoms with E-state index in [-0.39, 0.29) is 17.9 Å². The quantitative estimate of drug-likeness (QED) is 0.806. The average Bonchev–Trinajstić information content (AvgIpc) is 2.91. The number of hydrogen-bond acceptors (Lipinski definition) is 4. The van der Waals surface area contributed by atoms with Crippen LogP contribution in [0.4, 0.5) is 0 Å². The maximum Gasteiger partial charge on any atom is 0.225 e. The fraction of sp³-hybridized carbons (Fsp3) is 0.625. The molecule has 1 atom stereocenters. The fourth-order valence-electron chi connectivity index (χ4n) is 1.87. The van der Waals surface area contributed by atoms with E-state index < -0.39 is 5.41 Å². The van der Waals surface area contributed by atoms with Gasteiger partial charge in [0.05, 0.1) is 6.04 Å². The Balaban J connectivity index is 2.34. The molecule has 124 valence electrons. The molecular weight excluding hydrogens is 298 g/mol. The molecule has 22 heavy (non-hydrogen) atoms. The van der Waals surface area contributed by atoms with E-state index in [1.54, 1.807) is 11.3 Å². The Hall–Kier alpha value is -1.40. The molecular formula is C16H27N3O2S. The highest BCUT2D eigenvalue weighted by Crippen LogP contribution is 2.22. The molecule has 1 rings (SSSR count). The Bertz CT molecular complexity index is 478. The number of hydrogen-bond donors (Lipinski definition) is 2. The predicted molar refractivity (Wildman–Crippen MR) is 90.8 cm³/mol. The summed E-state index contributed by atoms with van der Waals surface area (Å²) in [5.74, 6) is -0.0809. The molecule has 0 aliphatic heterocycles. The summed E-state index contributed by atoms with van der Waals surface area (Å²) in [6, 6.07) is 4.26. The Morgan fingerprint density at radius 1 is 1.27 bits per heavy atom. The van der Waals surface area contributed by atoms with Crippen LogP contribution in [0, 0.1) is 5.41 Å². The van der Waals surface area contributed by atoms with Crippen LogP contribution >= 0.6 is 11.3 Å². The molecule has 0 saturated carbocycles. The van der Waals surface area contributed by atoms with Crippen LogP contribution < -0.4 is 10.6 Å². The van der Waals surface area contributed by atoms with E-state index in [0.29, 0.717) is 19.5 Å². The zero-order valence-electron chi connectivity index (χ0n) is 14.1. The van der Waals surface area contributed by atoms with E-state index in [1.807, 2.05) is 46.3 Å². The SMILES string of the molecule is CN(C)C(CNC(=O)CCNC(=O)C(C)(C)C)c1cccs1. The predicted octanol–water partition coefficient (Wildman–Crippen LogP) is 2.02. The zero-order chi connectivity index (χ0) is 16.8. The Morgan fingerprint density at radius 2 is 1.95 bits per heavy atom. The third kappa shape index (κ3) is 6.15. The van der Waals surface area contributed by atoms with Crippen molar-refractivity contribution in [2.24, 2.45) is 5.41 Å². The number of carbonyl (C=O) groups excluding carboxylic acids is 2. The second-order valence-electron chi connectivity index (χ2n) is 6.55. The van der Waals surface area contributed by atoms with Gasteiger partial charge in [0.25, 0.3) is 0 Å². The third-order valence-electron chi connectivity index (χ3n) is 3.31. The molecule has 0 bridgehead atoms. The topological polar surface area (TPSA) is 61.4 Å². The second kappa shape index (κ2) is 8.29. The van der Waals surface area contributed by atoms with Gasteiger partial charge in [0, 0.05) is 29.8 Å².